The fourth-order valence-corrected chi connectivity index (χ4v) is 3.23. The van der Waals surface area contributed by atoms with E-state index in [9.17, 15) is 4.79 Å². The van der Waals surface area contributed by atoms with E-state index < -0.39 is 0 Å². The van der Waals surface area contributed by atoms with Gasteiger partial charge in [0.1, 0.15) is 11.5 Å². The van der Waals surface area contributed by atoms with E-state index in [-0.39, 0.29) is 5.91 Å². The summed E-state index contributed by atoms with van der Waals surface area (Å²) in [7, 11) is 3.22. The fourth-order valence-electron chi connectivity index (χ4n) is 3.23. The number of benzene rings is 3. The topological polar surface area (TPSA) is 100 Å². The van der Waals surface area contributed by atoms with Gasteiger partial charge in [-0.05, 0) is 48.0 Å². The van der Waals surface area contributed by atoms with Gasteiger partial charge in [-0.2, -0.15) is 10.4 Å². The molecule has 148 valence electrons. The summed E-state index contributed by atoms with van der Waals surface area (Å²) in [6.07, 6.45) is 0. The number of aromatic amines is 1. The summed E-state index contributed by atoms with van der Waals surface area (Å²) >= 11 is 0. The van der Waals surface area contributed by atoms with Crippen molar-refractivity contribution in [2.75, 3.05) is 19.5 Å². The molecule has 7 heteroatoms. The van der Waals surface area contributed by atoms with Crippen molar-refractivity contribution in [3.63, 3.8) is 0 Å². The zero-order valence-corrected chi connectivity index (χ0v) is 16.4. The Bertz CT molecular complexity index is 1290. The molecule has 0 bridgehead atoms. The molecule has 0 aliphatic carbocycles. The van der Waals surface area contributed by atoms with E-state index in [0.717, 1.165) is 22.0 Å². The molecule has 0 saturated carbocycles. The number of H-pyrrole nitrogens is 1. The smallest absolute Gasteiger partial charge is 0.256 e. The van der Waals surface area contributed by atoms with Crippen LogP contribution in [0.4, 0.5) is 5.82 Å². The molecule has 0 spiro atoms. The Balaban J connectivity index is 1.64. The van der Waals surface area contributed by atoms with Gasteiger partial charge in [-0.15, -0.1) is 0 Å². The first-order chi connectivity index (χ1) is 14.6. The lowest BCUT2D eigenvalue weighted by Crippen LogP contribution is -2.12. The maximum Gasteiger partial charge on any atom is 0.256 e. The molecule has 0 fully saturated rings. The van der Waals surface area contributed by atoms with Crippen molar-refractivity contribution in [2.24, 2.45) is 0 Å². The van der Waals surface area contributed by atoms with Crippen molar-refractivity contribution in [1.82, 2.24) is 10.2 Å². The molecule has 0 radical (unpaired) electrons. The molecule has 2 N–H and O–H groups in total. The highest BCUT2D eigenvalue weighted by Crippen LogP contribution is 2.35. The van der Waals surface area contributed by atoms with Crippen LogP contribution in [0, 0.1) is 11.3 Å². The number of nitrogens with zero attached hydrogens (tertiary/aromatic N) is 2. The Morgan fingerprint density at radius 1 is 1.07 bits per heavy atom. The van der Waals surface area contributed by atoms with Crippen LogP contribution < -0.4 is 14.8 Å². The molecule has 0 atom stereocenters. The van der Waals surface area contributed by atoms with Crippen molar-refractivity contribution >= 4 is 22.6 Å². The molecule has 4 rings (SSSR count). The lowest BCUT2D eigenvalue weighted by Gasteiger charge is -2.10. The largest absolute Gasteiger partial charge is 0.497 e. The third-order valence-electron chi connectivity index (χ3n) is 4.77. The number of aromatic nitrogens is 2. The standard InChI is InChI=1S/C23H18N4O3/c1-29-17-7-9-18(21(12-17)30-2)15-6-8-19-20(11-15)26-27-22(19)25-23(28)16-5-3-4-14(10-16)13-24/h3-12H,1-2H3,(H2,25,26,27,28). The SMILES string of the molecule is COc1ccc(-c2ccc3c(NC(=O)c4cccc(C#N)c4)n[nH]c3c2)c(OC)c1. The Morgan fingerprint density at radius 2 is 1.93 bits per heavy atom. The van der Waals surface area contributed by atoms with Crippen LogP contribution in [-0.4, -0.2) is 30.3 Å². The van der Waals surface area contributed by atoms with Gasteiger partial charge in [0.15, 0.2) is 5.82 Å². The summed E-state index contributed by atoms with van der Waals surface area (Å²) in [6.45, 7) is 0. The summed E-state index contributed by atoms with van der Waals surface area (Å²) in [5.41, 5.74) is 3.43. The summed E-state index contributed by atoms with van der Waals surface area (Å²) in [5.74, 6) is 1.50. The number of fused-ring (bicyclic) bond motifs is 1. The molecule has 0 aliphatic heterocycles. The molecule has 0 saturated heterocycles. The zero-order chi connectivity index (χ0) is 21.1. The maximum absolute atomic E-state index is 12.6. The van der Waals surface area contributed by atoms with Crippen LogP contribution in [-0.2, 0) is 0 Å². The van der Waals surface area contributed by atoms with Gasteiger partial charge in [0.25, 0.3) is 5.91 Å². The first kappa shape index (κ1) is 19.0. The Labute approximate surface area is 172 Å². The summed E-state index contributed by atoms with van der Waals surface area (Å²) in [6, 6.07) is 19.9. The number of carbonyl (C=O) groups excluding carboxylic acids is 1. The molecule has 0 aliphatic rings. The van der Waals surface area contributed by atoms with Crippen LogP contribution in [0.25, 0.3) is 22.0 Å². The van der Waals surface area contributed by atoms with Crippen LogP contribution in [0.15, 0.2) is 60.7 Å². The van der Waals surface area contributed by atoms with E-state index in [2.05, 4.69) is 15.5 Å². The quantitative estimate of drug-likeness (QED) is 0.520. The third kappa shape index (κ3) is 3.54. The maximum atomic E-state index is 12.6. The minimum Gasteiger partial charge on any atom is -0.497 e. The van der Waals surface area contributed by atoms with E-state index in [4.69, 9.17) is 14.7 Å². The molecular formula is C23H18N4O3. The minimum atomic E-state index is -0.332. The van der Waals surface area contributed by atoms with Crippen LogP contribution >= 0.6 is 0 Å². The molecule has 3 aromatic carbocycles. The number of nitrogens with one attached hydrogen (secondary N) is 2. The molecule has 1 heterocycles. The van der Waals surface area contributed by atoms with Gasteiger partial charge in [-0.3, -0.25) is 9.89 Å². The fraction of sp³-hybridized carbons (Fsp3) is 0.0870. The van der Waals surface area contributed by atoms with Crippen molar-refractivity contribution < 1.29 is 14.3 Å². The molecule has 1 amide bonds. The average molecular weight is 398 g/mol. The normalized spacial score (nSPS) is 10.4. The number of carbonyl (C=O) groups is 1. The van der Waals surface area contributed by atoms with Crippen LogP contribution in [0.3, 0.4) is 0 Å². The second-order valence-electron chi connectivity index (χ2n) is 6.55. The highest BCUT2D eigenvalue weighted by molar-refractivity contribution is 6.08. The lowest BCUT2D eigenvalue weighted by atomic mass is 10.0. The molecule has 7 nitrogen and oxygen atoms in total. The Hall–Kier alpha value is -4.31. The molecule has 1 aromatic heterocycles. The first-order valence-electron chi connectivity index (χ1n) is 9.15. The van der Waals surface area contributed by atoms with Gasteiger partial charge in [0, 0.05) is 22.6 Å². The number of amides is 1. The number of rotatable bonds is 5. The first-order valence-corrected chi connectivity index (χ1v) is 9.15. The van der Waals surface area contributed by atoms with Gasteiger partial charge >= 0.3 is 0 Å². The predicted octanol–water partition coefficient (Wildman–Crippen LogP) is 4.37. The van der Waals surface area contributed by atoms with Gasteiger partial charge in [0.05, 0.1) is 31.4 Å². The van der Waals surface area contributed by atoms with E-state index in [1.807, 2.05) is 42.5 Å². The van der Waals surface area contributed by atoms with Gasteiger partial charge in [-0.25, -0.2) is 0 Å². The summed E-state index contributed by atoms with van der Waals surface area (Å²) < 4.78 is 10.7. The molecular weight excluding hydrogens is 380 g/mol. The van der Waals surface area contributed by atoms with Crippen molar-refractivity contribution in [3.8, 4) is 28.7 Å². The molecule has 0 unspecified atom stereocenters. The van der Waals surface area contributed by atoms with Crippen molar-refractivity contribution in [2.45, 2.75) is 0 Å². The number of hydrogen-bond acceptors (Lipinski definition) is 5. The number of hydrogen-bond donors (Lipinski definition) is 2. The van der Waals surface area contributed by atoms with E-state index in [1.54, 1.807) is 32.4 Å². The van der Waals surface area contributed by atoms with Crippen LogP contribution in [0.5, 0.6) is 11.5 Å². The average Bonchev–Trinajstić information content (AvgIpc) is 3.20. The van der Waals surface area contributed by atoms with Gasteiger partial charge < -0.3 is 14.8 Å². The zero-order valence-electron chi connectivity index (χ0n) is 16.4. The predicted molar refractivity (Wildman–Crippen MR) is 114 cm³/mol. The summed E-state index contributed by atoms with van der Waals surface area (Å²) in [4.78, 5) is 12.6. The Morgan fingerprint density at radius 3 is 2.70 bits per heavy atom. The summed E-state index contributed by atoms with van der Waals surface area (Å²) in [5, 5.41) is 19.8. The lowest BCUT2D eigenvalue weighted by molar-refractivity contribution is 0.102. The van der Waals surface area contributed by atoms with Crippen LogP contribution in [0.2, 0.25) is 0 Å². The van der Waals surface area contributed by atoms with Crippen LogP contribution in [0.1, 0.15) is 15.9 Å². The monoisotopic (exact) mass is 398 g/mol. The van der Waals surface area contributed by atoms with Gasteiger partial charge in [0.2, 0.25) is 0 Å². The minimum absolute atomic E-state index is 0.332. The van der Waals surface area contributed by atoms with Gasteiger partial charge in [-0.1, -0.05) is 12.1 Å². The number of methoxy groups -OCH3 is 2. The molecule has 4 aromatic rings. The second kappa shape index (κ2) is 7.97. The van der Waals surface area contributed by atoms with Crippen molar-refractivity contribution in [3.05, 3.63) is 71.8 Å². The van der Waals surface area contributed by atoms with E-state index >= 15 is 0 Å². The Kier molecular flexibility index (Phi) is 5.06. The van der Waals surface area contributed by atoms with E-state index in [0.29, 0.717) is 28.4 Å². The molecule has 30 heavy (non-hydrogen) atoms. The number of ether oxygens (including phenoxy) is 2. The number of nitriles is 1. The van der Waals surface area contributed by atoms with E-state index in [1.165, 1.54) is 6.07 Å². The highest BCUT2D eigenvalue weighted by Gasteiger charge is 2.14. The number of anilines is 1. The second-order valence-corrected chi connectivity index (χ2v) is 6.55. The van der Waals surface area contributed by atoms with Crippen molar-refractivity contribution in [1.29, 1.82) is 5.26 Å². The third-order valence-corrected chi connectivity index (χ3v) is 4.77. The highest BCUT2D eigenvalue weighted by atomic mass is 16.5.